The Morgan fingerprint density at radius 2 is 1.97 bits per heavy atom. The highest BCUT2D eigenvalue weighted by Crippen LogP contribution is 2.39. The summed E-state index contributed by atoms with van der Waals surface area (Å²) in [4.78, 5) is 22.4. The van der Waals surface area contributed by atoms with Gasteiger partial charge in [-0.3, -0.25) is 9.78 Å². The maximum absolute atomic E-state index is 14.8. The molecule has 0 spiro atoms. The molecule has 5 rings (SSSR count). The second kappa shape index (κ2) is 7.02. The van der Waals surface area contributed by atoms with Crippen LogP contribution in [0.4, 0.5) is 23.4 Å². The van der Waals surface area contributed by atoms with Crippen molar-refractivity contribution in [3.63, 3.8) is 0 Å². The molecular weight excluding hydrogens is 432 g/mol. The lowest BCUT2D eigenvalue weighted by atomic mass is 10.0. The SMILES string of the molecule is CN(C(=O)c1cc2c3c(c(N)nc2cc1F)COC3)[C@H]1COc2cc(C(F)(F)F)cnc21. The molecule has 1 aromatic carbocycles. The minimum atomic E-state index is -4.57. The van der Waals surface area contributed by atoms with Gasteiger partial charge in [0.05, 0.1) is 29.9 Å². The van der Waals surface area contributed by atoms with E-state index in [1.165, 1.54) is 18.0 Å². The summed E-state index contributed by atoms with van der Waals surface area (Å²) in [6.45, 7) is 0.456. The van der Waals surface area contributed by atoms with Gasteiger partial charge in [-0.15, -0.1) is 0 Å². The molecule has 0 saturated carbocycles. The summed E-state index contributed by atoms with van der Waals surface area (Å²) in [5.41, 5.74) is 6.70. The van der Waals surface area contributed by atoms with Crippen LogP contribution in [0.1, 0.15) is 38.8 Å². The van der Waals surface area contributed by atoms with Gasteiger partial charge in [-0.2, -0.15) is 13.2 Å². The van der Waals surface area contributed by atoms with Gasteiger partial charge in [-0.25, -0.2) is 9.37 Å². The van der Waals surface area contributed by atoms with Crippen LogP contribution in [-0.2, 0) is 24.1 Å². The topological polar surface area (TPSA) is 90.6 Å². The minimum absolute atomic E-state index is 0.0573. The number of aromatic nitrogens is 2. The van der Waals surface area contributed by atoms with Crippen LogP contribution in [0, 0.1) is 5.82 Å². The van der Waals surface area contributed by atoms with E-state index in [2.05, 4.69) is 9.97 Å². The van der Waals surface area contributed by atoms with E-state index in [0.29, 0.717) is 22.7 Å². The lowest BCUT2D eigenvalue weighted by molar-refractivity contribution is -0.137. The molecule has 1 amide bonds. The standard InChI is InChI=1S/C21H16F4N4O3/c1-29(16-8-32-17-2-9(21(23,24)25)5-27-18(16)17)20(30)11-3-10-12-6-31-7-13(12)19(26)28-15(10)4-14(11)22/h2-5,16H,6-8H2,1H3,(H2,26,28)/t16-/m0/s1. The van der Waals surface area contributed by atoms with E-state index in [4.69, 9.17) is 15.2 Å². The number of halogens is 4. The van der Waals surface area contributed by atoms with Crippen LogP contribution >= 0.6 is 0 Å². The normalized spacial score (nSPS) is 17.2. The first-order valence-electron chi connectivity index (χ1n) is 9.60. The first kappa shape index (κ1) is 20.4. The summed E-state index contributed by atoms with van der Waals surface area (Å²) >= 11 is 0. The summed E-state index contributed by atoms with van der Waals surface area (Å²) in [6.07, 6.45) is -3.88. The molecule has 0 fully saturated rings. The molecule has 4 heterocycles. The smallest absolute Gasteiger partial charge is 0.418 e. The molecule has 0 bridgehead atoms. The Labute approximate surface area is 178 Å². The molecule has 2 aliphatic rings. The molecule has 2 aliphatic heterocycles. The number of alkyl halides is 3. The fourth-order valence-electron chi connectivity index (χ4n) is 4.01. The van der Waals surface area contributed by atoms with Gasteiger partial charge in [-0.05, 0) is 17.7 Å². The summed E-state index contributed by atoms with van der Waals surface area (Å²) < 4.78 is 64.4. The van der Waals surface area contributed by atoms with E-state index >= 15 is 0 Å². The fourth-order valence-corrected chi connectivity index (χ4v) is 4.01. The van der Waals surface area contributed by atoms with Crippen LogP contribution in [0.3, 0.4) is 0 Å². The number of nitrogens with two attached hydrogens (primary N) is 1. The first-order chi connectivity index (χ1) is 15.1. The Morgan fingerprint density at radius 1 is 1.22 bits per heavy atom. The number of benzene rings is 1. The van der Waals surface area contributed by atoms with Gasteiger partial charge in [0.15, 0.2) is 0 Å². The molecule has 0 unspecified atom stereocenters. The third kappa shape index (κ3) is 3.11. The number of nitrogen functional groups attached to an aromatic ring is 1. The van der Waals surface area contributed by atoms with Gasteiger partial charge in [0, 0.05) is 30.3 Å². The predicted octanol–water partition coefficient (Wildman–Crippen LogP) is 3.61. The van der Waals surface area contributed by atoms with Crippen LogP contribution in [0.25, 0.3) is 10.9 Å². The number of rotatable bonds is 2. The highest BCUT2D eigenvalue weighted by atomic mass is 19.4. The molecular formula is C21H16F4N4O3. The van der Waals surface area contributed by atoms with Crippen molar-refractivity contribution in [2.75, 3.05) is 19.4 Å². The molecule has 2 aromatic heterocycles. The van der Waals surface area contributed by atoms with E-state index in [9.17, 15) is 22.4 Å². The number of carbonyl (C=O) groups is 1. The molecule has 32 heavy (non-hydrogen) atoms. The monoisotopic (exact) mass is 448 g/mol. The number of anilines is 1. The number of hydrogen-bond acceptors (Lipinski definition) is 6. The number of ether oxygens (including phenoxy) is 2. The average molecular weight is 448 g/mol. The molecule has 166 valence electrons. The Hall–Kier alpha value is -3.47. The highest BCUT2D eigenvalue weighted by molar-refractivity contribution is 5.99. The van der Waals surface area contributed by atoms with Crippen molar-refractivity contribution in [2.45, 2.75) is 25.4 Å². The number of hydrogen-bond donors (Lipinski definition) is 1. The van der Waals surface area contributed by atoms with E-state index < -0.39 is 29.5 Å². The Balaban J connectivity index is 1.50. The maximum atomic E-state index is 14.8. The fraction of sp³-hybridized carbons (Fsp3) is 0.286. The Bertz CT molecular complexity index is 1280. The van der Waals surface area contributed by atoms with Crippen LogP contribution < -0.4 is 10.5 Å². The van der Waals surface area contributed by atoms with Crippen LogP contribution in [-0.4, -0.2) is 34.4 Å². The molecule has 7 nitrogen and oxygen atoms in total. The quantitative estimate of drug-likeness (QED) is 0.603. The van der Waals surface area contributed by atoms with Crippen molar-refractivity contribution in [1.29, 1.82) is 0 Å². The second-order valence-electron chi connectivity index (χ2n) is 7.64. The zero-order valence-corrected chi connectivity index (χ0v) is 16.7. The molecule has 3 aromatic rings. The molecule has 0 radical (unpaired) electrons. The number of nitrogens with zero attached hydrogens (tertiary/aromatic N) is 3. The third-order valence-corrected chi connectivity index (χ3v) is 5.76. The van der Waals surface area contributed by atoms with Crippen molar-refractivity contribution >= 4 is 22.6 Å². The van der Waals surface area contributed by atoms with Crippen molar-refractivity contribution in [3.8, 4) is 5.75 Å². The summed E-state index contributed by atoms with van der Waals surface area (Å²) in [5.74, 6) is -1.26. The van der Waals surface area contributed by atoms with Crippen molar-refractivity contribution in [1.82, 2.24) is 14.9 Å². The average Bonchev–Trinajstić information content (AvgIpc) is 3.39. The van der Waals surface area contributed by atoms with Crippen LogP contribution in [0.15, 0.2) is 24.4 Å². The highest BCUT2D eigenvalue weighted by Gasteiger charge is 2.37. The van der Waals surface area contributed by atoms with Gasteiger partial charge in [-0.1, -0.05) is 0 Å². The molecule has 11 heteroatoms. The van der Waals surface area contributed by atoms with Crippen LogP contribution in [0.2, 0.25) is 0 Å². The summed E-state index contributed by atoms with van der Waals surface area (Å²) in [5, 5.41) is 0.556. The zero-order valence-electron chi connectivity index (χ0n) is 16.7. The number of pyridine rings is 2. The van der Waals surface area contributed by atoms with Crippen LogP contribution in [0.5, 0.6) is 5.75 Å². The first-order valence-corrected chi connectivity index (χ1v) is 9.60. The lowest BCUT2D eigenvalue weighted by Gasteiger charge is -2.23. The molecule has 0 saturated heterocycles. The van der Waals surface area contributed by atoms with Gasteiger partial charge in [0.1, 0.15) is 35.7 Å². The minimum Gasteiger partial charge on any atom is -0.489 e. The lowest BCUT2D eigenvalue weighted by Crippen LogP contribution is -2.33. The summed E-state index contributed by atoms with van der Waals surface area (Å²) in [6, 6.07) is 2.61. The molecule has 1 atom stereocenters. The number of amides is 1. The Morgan fingerprint density at radius 3 is 2.72 bits per heavy atom. The van der Waals surface area contributed by atoms with E-state index in [0.717, 1.165) is 17.7 Å². The van der Waals surface area contributed by atoms with Gasteiger partial charge >= 0.3 is 6.18 Å². The van der Waals surface area contributed by atoms with Gasteiger partial charge < -0.3 is 20.1 Å². The van der Waals surface area contributed by atoms with Gasteiger partial charge in [0.25, 0.3) is 5.91 Å². The van der Waals surface area contributed by atoms with E-state index in [-0.39, 0.29) is 42.6 Å². The molecule has 0 aliphatic carbocycles. The maximum Gasteiger partial charge on any atom is 0.418 e. The second-order valence-corrected chi connectivity index (χ2v) is 7.64. The van der Waals surface area contributed by atoms with Gasteiger partial charge in [0.2, 0.25) is 0 Å². The molecule has 2 N–H and O–H groups in total. The third-order valence-electron chi connectivity index (χ3n) is 5.76. The van der Waals surface area contributed by atoms with Crippen molar-refractivity contribution in [2.24, 2.45) is 0 Å². The van der Waals surface area contributed by atoms with E-state index in [1.807, 2.05) is 0 Å². The predicted molar refractivity (Wildman–Crippen MR) is 104 cm³/mol. The Kier molecular flexibility index (Phi) is 4.48. The van der Waals surface area contributed by atoms with E-state index in [1.54, 1.807) is 0 Å². The van der Waals surface area contributed by atoms with Crippen molar-refractivity contribution in [3.05, 3.63) is 58.2 Å². The number of likely N-dealkylation sites (N-methyl/N-ethyl adjacent to an activating group) is 1. The largest absolute Gasteiger partial charge is 0.489 e. The summed E-state index contributed by atoms with van der Waals surface area (Å²) in [7, 11) is 1.42. The zero-order chi connectivity index (χ0) is 22.8. The number of carbonyl (C=O) groups excluding carboxylic acids is 1. The van der Waals surface area contributed by atoms with Crippen molar-refractivity contribution < 1.29 is 31.8 Å². The number of fused-ring (bicyclic) bond motifs is 4.